The van der Waals surface area contributed by atoms with Gasteiger partial charge in [-0.3, -0.25) is 0 Å². The van der Waals surface area contributed by atoms with E-state index < -0.39 is 0 Å². The van der Waals surface area contributed by atoms with Crippen LogP contribution in [-0.4, -0.2) is 0 Å². The van der Waals surface area contributed by atoms with Crippen LogP contribution in [0, 0.1) is 31.1 Å². The van der Waals surface area contributed by atoms with Crippen LogP contribution >= 0.6 is 0 Å². The summed E-state index contributed by atoms with van der Waals surface area (Å²) in [4.78, 5) is 0. The first kappa shape index (κ1) is 28.3. The Morgan fingerprint density at radius 1 is 0.809 bits per heavy atom. The van der Waals surface area contributed by atoms with Gasteiger partial charge in [0.15, 0.2) is 0 Å². The van der Waals surface area contributed by atoms with E-state index in [0.29, 0.717) is 6.42 Å². The number of nitrogens with one attached hydrogen (secondary N) is 1. The third-order valence-corrected chi connectivity index (χ3v) is 8.96. The number of rotatable bonds is 4. The molecule has 1 aliphatic heterocycles. The van der Waals surface area contributed by atoms with Crippen molar-refractivity contribution in [2.75, 3.05) is 5.32 Å². The second kappa shape index (κ2) is 11.6. The molecule has 0 saturated heterocycles. The monoisotopic (exact) mass is 601 g/mol. The summed E-state index contributed by atoms with van der Waals surface area (Å²) in [7, 11) is 0. The Morgan fingerprint density at radius 3 is 2.45 bits per heavy atom. The smallest absolute Gasteiger partial charge is 0.136 e. The van der Waals surface area contributed by atoms with Crippen LogP contribution < -0.4 is 5.32 Å². The van der Waals surface area contributed by atoms with Crippen LogP contribution in [-0.2, 0) is 0 Å². The van der Waals surface area contributed by atoms with Gasteiger partial charge in [-0.05, 0) is 89.7 Å². The van der Waals surface area contributed by atoms with E-state index in [4.69, 9.17) is 10.8 Å². The van der Waals surface area contributed by atoms with Crippen LogP contribution in [0.3, 0.4) is 0 Å². The van der Waals surface area contributed by atoms with E-state index in [1.165, 1.54) is 16.7 Å². The molecule has 2 heterocycles. The highest BCUT2D eigenvalue weighted by atomic mass is 16.3. The first-order valence-corrected chi connectivity index (χ1v) is 15.9. The second-order valence-electron chi connectivity index (χ2n) is 11.9. The Hall–Kier alpha value is -6.22. The fourth-order valence-corrected chi connectivity index (χ4v) is 6.74. The minimum atomic E-state index is 0.684. The van der Waals surface area contributed by atoms with Gasteiger partial charge < -0.3 is 9.73 Å². The summed E-state index contributed by atoms with van der Waals surface area (Å²) in [6.45, 7) is 4.14. The van der Waals surface area contributed by atoms with Gasteiger partial charge in [-0.2, -0.15) is 0 Å². The van der Waals surface area contributed by atoms with Crippen molar-refractivity contribution in [3.63, 3.8) is 0 Å². The first-order chi connectivity index (χ1) is 23.1. The zero-order valence-electron chi connectivity index (χ0n) is 26.3. The van der Waals surface area contributed by atoms with Crippen molar-refractivity contribution in [1.29, 1.82) is 0 Å². The number of allylic oxidation sites excluding steroid dienone is 8. The van der Waals surface area contributed by atoms with Gasteiger partial charge in [0.25, 0.3) is 0 Å². The largest absolute Gasteiger partial charge is 0.456 e. The van der Waals surface area contributed by atoms with Crippen molar-refractivity contribution in [3.05, 3.63) is 150 Å². The summed E-state index contributed by atoms with van der Waals surface area (Å²) in [6.07, 6.45) is 16.9. The molecule has 1 aromatic heterocycles. The lowest BCUT2D eigenvalue weighted by molar-refractivity contribution is 0.669. The topological polar surface area (TPSA) is 25.2 Å². The molecule has 2 nitrogen and oxygen atoms in total. The lowest BCUT2D eigenvalue weighted by Crippen LogP contribution is -1.95. The van der Waals surface area contributed by atoms with E-state index in [1.807, 2.05) is 37.3 Å². The minimum Gasteiger partial charge on any atom is -0.456 e. The van der Waals surface area contributed by atoms with Crippen LogP contribution in [0.1, 0.15) is 24.5 Å². The molecule has 8 rings (SSSR count). The van der Waals surface area contributed by atoms with Crippen LogP contribution in [0.15, 0.2) is 143 Å². The third-order valence-electron chi connectivity index (χ3n) is 8.96. The van der Waals surface area contributed by atoms with E-state index in [0.717, 1.165) is 77.8 Å². The van der Waals surface area contributed by atoms with Gasteiger partial charge in [0, 0.05) is 50.8 Å². The van der Waals surface area contributed by atoms with E-state index in [9.17, 15) is 0 Å². The average Bonchev–Trinajstić information content (AvgIpc) is 3.23. The molecular formula is C45H31NO. The Bertz CT molecular complexity index is 2490. The third kappa shape index (κ3) is 4.89. The zero-order chi connectivity index (χ0) is 31.9. The van der Waals surface area contributed by atoms with E-state index >= 15 is 0 Å². The quantitative estimate of drug-likeness (QED) is 0.160. The molecule has 47 heavy (non-hydrogen) atoms. The molecular weight excluding hydrogens is 571 g/mol. The van der Waals surface area contributed by atoms with Gasteiger partial charge >= 0.3 is 0 Å². The van der Waals surface area contributed by atoms with Gasteiger partial charge in [-0.15, -0.1) is 6.42 Å². The molecule has 6 aromatic rings. The molecule has 0 bridgehead atoms. The lowest BCUT2D eigenvalue weighted by Gasteiger charge is -2.14. The number of terminal acetylenes is 1. The summed E-state index contributed by atoms with van der Waals surface area (Å²) in [5.41, 5.74) is 15.9. The van der Waals surface area contributed by atoms with E-state index in [1.54, 1.807) is 0 Å². The van der Waals surface area contributed by atoms with Gasteiger partial charge in [0.2, 0.25) is 0 Å². The van der Waals surface area contributed by atoms with Crippen LogP contribution in [0.4, 0.5) is 11.4 Å². The number of benzene rings is 5. The van der Waals surface area contributed by atoms with Crippen LogP contribution in [0.25, 0.3) is 60.9 Å². The summed E-state index contributed by atoms with van der Waals surface area (Å²) >= 11 is 0. The normalized spacial score (nSPS) is 13.7. The fourth-order valence-electron chi connectivity index (χ4n) is 6.74. The molecule has 0 atom stereocenters. The summed E-state index contributed by atoms with van der Waals surface area (Å²) < 4.78 is 6.23. The Labute approximate surface area is 275 Å². The molecule has 0 saturated carbocycles. The standard InChI is InChI=1S/C45H31NO/c1-4-6-13-30(5-2)33-14-8-7-9-15-34(33)31-21-24-41-39(27-31)36-23-20-29(3)26-38(36)40-28-32(22-25-42(40)46-41)35-17-12-19-44-45(35)37-16-10-11-18-43(37)47-44/h2,4,6,9-13,15-28,46H,7H2,1,3H3/b6-4-,30-13+. The Morgan fingerprint density at radius 2 is 1.60 bits per heavy atom. The SMILES string of the molecule is C#C/C(=C\C=C/C)C1=C(c2ccc3c(c2)-c2ccc(C)cc2-c2cc(-c4cccc5oc6ccccc6c45)ccc2N3)C=CCC#C1. The predicted molar refractivity (Wildman–Crippen MR) is 198 cm³/mol. The molecule has 5 aromatic carbocycles. The van der Waals surface area contributed by atoms with Crippen molar-refractivity contribution in [3.8, 4) is 57.6 Å². The molecule has 2 aliphatic rings. The van der Waals surface area contributed by atoms with Crippen molar-refractivity contribution in [2.45, 2.75) is 20.3 Å². The molecule has 0 unspecified atom stereocenters. The highest BCUT2D eigenvalue weighted by Gasteiger charge is 2.22. The van der Waals surface area contributed by atoms with Crippen LogP contribution in [0.2, 0.25) is 0 Å². The van der Waals surface area contributed by atoms with E-state index in [-0.39, 0.29) is 0 Å². The maximum atomic E-state index is 6.23. The molecule has 1 N–H and O–H groups in total. The van der Waals surface area contributed by atoms with E-state index in [2.05, 4.69) is 127 Å². The second-order valence-corrected chi connectivity index (χ2v) is 11.9. The number of fused-ring (bicyclic) bond motifs is 8. The van der Waals surface area contributed by atoms with Gasteiger partial charge in [-0.25, -0.2) is 0 Å². The predicted octanol–water partition coefficient (Wildman–Crippen LogP) is 11.8. The Kier molecular flexibility index (Phi) is 6.98. The molecule has 0 radical (unpaired) electrons. The molecule has 1 aliphatic carbocycles. The zero-order valence-corrected chi connectivity index (χ0v) is 26.3. The fraction of sp³-hybridized carbons (Fsp3) is 0.0667. The highest BCUT2D eigenvalue weighted by molar-refractivity contribution is 6.13. The molecule has 2 heteroatoms. The van der Waals surface area contributed by atoms with Crippen molar-refractivity contribution in [1.82, 2.24) is 0 Å². The van der Waals surface area contributed by atoms with Crippen molar-refractivity contribution >= 4 is 38.9 Å². The van der Waals surface area contributed by atoms with Gasteiger partial charge in [0.05, 0.1) is 0 Å². The van der Waals surface area contributed by atoms with Gasteiger partial charge in [-0.1, -0.05) is 108 Å². The Balaban J connectivity index is 1.32. The lowest BCUT2D eigenvalue weighted by atomic mass is 9.88. The number of anilines is 2. The molecule has 0 amide bonds. The molecule has 0 spiro atoms. The summed E-state index contributed by atoms with van der Waals surface area (Å²) in [5.74, 6) is 9.50. The summed E-state index contributed by atoms with van der Waals surface area (Å²) in [5, 5.41) is 6.06. The maximum Gasteiger partial charge on any atom is 0.136 e. The number of hydrogen-bond acceptors (Lipinski definition) is 2. The summed E-state index contributed by atoms with van der Waals surface area (Å²) in [6, 6.07) is 34.7. The highest BCUT2D eigenvalue weighted by Crippen LogP contribution is 2.47. The number of aryl methyl sites for hydroxylation is 1. The van der Waals surface area contributed by atoms with Gasteiger partial charge in [0.1, 0.15) is 11.2 Å². The number of furan rings is 1. The van der Waals surface area contributed by atoms with Crippen molar-refractivity contribution in [2.24, 2.45) is 0 Å². The molecule has 222 valence electrons. The number of hydrogen-bond donors (Lipinski definition) is 1. The molecule has 0 fully saturated rings. The number of para-hydroxylation sites is 1. The van der Waals surface area contributed by atoms with Crippen LogP contribution in [0.5, 0.6) is 0 Å². The average molecular weight is 602 g/mol. The van der Waals surface area contributed by atoms with Crippen molar-refractivity contribution < 1.29 is 4.42 Å². The maximum absolute atomic E-state index is 6.23. The minimum absolute atomic E-state index is 0.684. The first-order valence-electron chi connectivity index (χ1n) is 15.9.